The molecule has 0 saturated heterocycles. The fourth-order valence-corrected chi connectivity index (χ4v) is 2.51. The lowest BCUT2D eigenvalue weighted by atomic mass is 9.78. The summed E-state index contributed by atoms with van der Waals surface area (Å²) in [7, 11) is 5.64. The zero-order valence-electron chi connectivity index (χ0n) is 12.6. The Hall–Kier alpha value is -2.37. The van der Waals surface area contributed by atoms with Crippen LogP contribution >= 0.6 is 0 Å². The van der Waals surface area contributed by atoms with Crippen molar-refractivity contribution in [2.75, 3.05) is 43.2 Å². The Balaban J connectivity index is 1.70. The first kappa shape index (κ1) is 13.6. The van der Waals surface area contributed by atoms with Crippen LogP contribution in [0.5, 0.6) is 0 Å². The second-order valence-electron chi connectivity index (χ2n) is 5.41. The molecule has 0 aliphatic heterocycles. The number of nitrogens with one attached hydrogen (secondary N) is 2. The minimum Gasteiger partial charge on any atom is -0.357 e. The molecule has 2 aromatic rings. The third kappa shape index (κ3) is 2.74. The second-order valence-corrected chi connectivity index (χ2v) is 5.41. The van der Waals surface area contributed by atoms with Gasteiger partial charge in [-0.2, -0.15) is 15.0 Å². The number of aromatic nitrogens is 3. The Kier molecular flexibility index (Phi) is 3.60. The monoisotopic (exact) mass is 284 g/mol. The van der Waals surface area contributed by atoms with E-state index in [0.717, 1.165) is 13.0 Å². The van der Waals surface area contributed by atoms with E-state index in [4.69, 9.17) is 0 Å². The van der Waals surface area contributed by atoms with Crippen LogP contribution in [0.2, 0.25) is 0 Å². The Morgan fingerprint density at radius 3 is 2.62 bits per heavy atom. The Bertz CT molecular complexity index is 640. The van der Waals surface area contributed by atoms with Crippen molar-refractivity contribution in [2.24, 2.45) is 0 Å². The van der Waals surface area contributed by atoms with E-state index >= 15 is 0 Å². The summed E-state index contributed by atoms with van der Waals surface area (Å²) in [6.07, 6.45) is 1.12. The maximum atomic E-state index is 4.42. The first-order valence-electron chi connectivity index (χ1n) is 7.10. The van der Waals surface area contributed by atoms with Crippen molar-refractivity contribution in [2.45, 2.75) is 12.3 Å². The van der Waals surface area contributed by atoms with Gasteiger partial charge in [0, 0.05) is 33.6 Å². The molecule has 2 N–H and O–H groups in total. The normalized spacial score (nSPS) is 15.9. The highest BCUT2D eigenvalue weighted by atomic mass is 15.3. The van der Waals surface area contributed by atoms with E-state index in [-0.39, 0.29) is 0 Å². The average molecular weight is 284 g/mol. The van der Waals surface area contributed by atoms with Crippen LogP contribution in [-0.2, 0) is 6.42 Å². The van der Waals surface area contributed by atoms with Gasteiger partial charge in [-0.3, -0.25) is 0 Å². The molecule has 0 fully saturated rings. The van der Waals surface area contributed by atoms with Gasteiger partial charge in [0.1, 0.15) is 0 Å². The van der Waals surface area contributed by atoms with Gasteiger partial charge in [-0.05, 0) is 17.5 Å². The molecule has 1 aromatic carbocycles. The zero-order chi connectivity index (χ0) is 14.8. The molecule has 21 heavy (non-hydrogen) atoms. The number of anilines is 3. The van der Waals surface area contributed by atoms with E-state index < -0.39 is 0 Å². The van der Waals surface area contributed by atoms with E-state index in [2.05, 4.69) is 49.9 Å². The van der Waals surface area contributed by atoms with E-state index in [1.54, 1.807) is 7.05 Å². The highest BCUT2D eigenvalue weighted by Gasteiger charge is 2.25. The second kappa shape index (κ2) is 5.55. The van der Waals surface area contributed by atoms with Gasteiger partial charge in [-0.15, -0.1) is 0 Å². The fraction of sp³-hybridized carbons (Fsp3) is 0.400. The van der Waals surface area contributed by atoms with Crippen LogP contribution in [-0.4, -0.2) is 42.6 Å². The molecule has 1 heterocycles. The molecule has 0 saturated carbocycles. The smallest absolute Gasteiger partial charge is 0.231 e. The molecular formula is C15H20N6. The number of hydrogen-bond acceptors (Lipinski definition) is 6. The molecule has 1 unspecified atom stereocenters. The van der Waals surface area contributed by atoms with Crippen molar-refractivity contribution in [3.8, 4) is 0 Å². The molecule has 110 valence electrons. The standard InChI is InChI=1S/C15H20N6/c1-16-13-18-14(20-15(19-13)21(2)3)17-9-11-8-10-6-4-5-7-12(10)11/h4-7,11H,8-9H2,1-3H3,(H2,16,17,18,19,20). The summed E-state index contributed by atoms with van der Waals surface area (Å²) in [5.74, 6) is 2.37. The van der Waals surface area contributed by atoms with Crippen LogP contribution in [0.1, 0.15) is 17.0 Å². The highest BCUT2D eigenvalue weighted by Crippen LogP contribution is 2.34. The van der Waals surface area contributed by atoms with Crippen LogP contribution in [0.3, 0.4) is 0 Å². The van der Waals surface area contributed by atoms with Gasteiger partial charge in [0.15, 0.2) is 0 Å². The van der Waals surface area contributed by atoms with Crippen molar-refractivity contribution in [3.63, 3.8) is 0 Å². The number of hydrogen-bond donors (Lipinski definition) is 2. The molecule has 1 aliphatic rings. The summed E-state index contributed by atoms with van der Waals surface area (Å²) in [6.45, 7) is 0.844. The van der Waals surface area contributed by atoms with Gasteiger partial charge < -0.3 is 15.5 Å². The number of fused-ring (bicyclic) bond motifs is 1. The molecule has 1 atom stereocenters. The minimum atomic E-state index is 0.541. The van der Waals surface area contributed by atoms with Crippen LogP contribution in [0.4, 0.5) is 17.8 Å². The van der Waals surface area contributed by atoms with Crippen LogP contribution in [0.15, 0.2) is 24.3 Å². The Labute approximate surface area is 124 Å². The molecule has 3 rings (SSSR count). The van der Waals surface area contributed by atoms with Crippen LogP contribution < -0.4 is 15.5 Å². The van der Waals surface area contributed by atoms with E-state index in [9.17, 15) is 0 Å². The van der Waals surface area contributed by atoms with E-state index in [0.29, 0.717) is 23.8 Å². The third-order valence-electron chi connectivity index (χ3n) is 3.72. The number of rotatable bonds is 5. The summed E-state index contributed by atoms with van der Waals surface area (Å²) in [5, 5.41) is 6.29. The summed E-state index contributed by atoms with van der Waals surface area (Å²) in [5.41, 5.74) is 2.88. The van der Waals surface area contributed by atoms with Gasteiger partial charge in [0.2, 0.25) is 17.8 Å². The van der Waals surface area contributed by atoms with Crippen molar-refractivity contribution in [3.05, 3.63) is 35.4 Å². The largest absolute Gasteiger partial charge is 0.357 e. The summed E-state index contributed by atoms with van der Waals surface area (Å²) in [6, 6.07) is 8.58. The third-order valence-corrected chi connectivity index (χ3v) is 3.72. The van der Waals surface area contributed by atoms with Crippen molar-refractivity contribution in [1.82, 2.24) is 15.0 Å². The summed E-state index contributed by atoms with van der Waals surface area (Å²) in [4.78, 5) is 14.9. The molecule has 0 amide bonds. The van der Waals surface area contributed by atoms with Crippen LogP contribution in [0.25, 0.3) is 0 Å². The molecule has 6 nitrogen and oxygen atoms in total. The number of nitrogens with zero attached hydrogens (tertiary/aromatic N) is 4. The zero-order valence-corrected chi connectivity index (χ0v) is 12.6. The van der Waals surface area contributed by atoms with Crippen molar-refractivity contribution in [1.29, 1.82) is 0 Å². The van der Waals surface area contributed by atoms with Crippen molar-refractivity contribution >= 4 is 17.8 Å². The maximum Gasteiger partial charge on any atom is 0.231 e. The summed E-state index contributed by atoms with van der Waals surface area (Å²) >= 11 is 0. The van der Waals surface area contributed by atoms with Gasteiger partial charge in [-0.1, -0.05) is 24.3 Å². The minimum absolute atomic E-state index is 0.541. The first-order valence-corrected chi connectivity index (χ1v) is 7.10. The van der Waals surface area contributed by atoms with Gasteiger partial charge in [-0.25, -0.2) is 0 Å². The predicted molar refractivity (Wildman–Crippen MR) is 85.1 cm³/mol. The van der Waals surface area contributed by atoms with Gasteiger partial charge >= 0.3 is 0 Å². The molecular weight excluding hydrogens is 264 g/mol. The topological polar surface area (TPSA) is 66.0 Å². The number of benzene rings is 1. The molecule has 6 heteroatoms. The van der Waals surface area contributed by atoms with Gasteiger partial charge in [0.25, 0.3) is 0 Å². The maximum absolute atomic E-state index is 4.42. The lowest BCUT2D eigenvalue weighted by Crippen LogP contribution is -2.25. The van der Waals surface area contributed by atoms with Crippen LogP contribution in [0, 0.1) is 0 Å². The van der Waals surface area contributed by atoms with E-state index in [1.165, 1.54) is 11.1 Å². The predicted octanol–water partition coefficient (Wildman–Crippen LogP) is 1.73. The van der Waals surface area contributed by atoms with Crippen molar-refractivity contribution < 1.29 is 0 Å². The molecule has 0 bridgehead atoms. The fourth-order valence-electron chi connectivity index (χ4n) is 2.51. The summed E-state index contributed by atoms with van der Waals surface area (Å²) < 4.78 is 0. The lowest BCUT2D eigenvalue weighted by Gasteiger charge is -2.30. The molecule has 0 radical (unpaired) electrons. The highest BCUT2D eigenvalue weighted by molar-refractivity contribution is 5.45. The van der Waals surface area contributed by atoms with E-state index in [1.807, 2.05) is 19.0 Å². The SMILES string of the molecule is CNc1nc(NCC2Cc3ccccc32)nc(N(C)C)n1. The first-order chi connectivity index (χ1) is 10.2. The molecule has 0 spiro atoms. The molecule has 1 aromatic heterocycles. The lowest BCUT2D eigenvalue weighted by molar-refractivity contribution is 0.633. The average Bonchev–Trinajstić information content (AvgIpc) is 2.47. The quantitative estimate of drug-likeness (QED) is 0.871. The Morgan fingerprint density at radius 1 is 1.14 bits per heavy atom. The van der Waals surface area contributed by atoms with Gasteiger partial charge in [0.05, 0.1) is 0 Å². The Morgan fingerprint density at radius 2 is 1.90 bits per heavy atom. The molecule has 1 aliphatic carbocycles.